The maximum Gasteiger partial charge on any atom is 0.328 e. The van der Waals surface area contributed by atoms with Crippen LogP contribution in [0.5, 0.6) is 5.75 Å². The lowest BCUT2D eigenvalue weighted by atomic mass is 9.82. The van der Waals surface area contributed by atoms with Crippen LogP contribution in [0.25, 0.3) is 0 Å². The smallest absolute Gasteiger partial charge is 0.328 e. The standard InChI is InChI=1S/C22H24FNO4S/c1-27-20(25)17-13-15(28-18-8-3-2-7-16(18)23)14-24(17)21(26)22(10-4-5-11-22)19-9-6-12-29-19/h2-3,6-9,12,15,17H,4-5,10-11,13-14H2,1H3/t15-,17+/m1/s1. The van der Waals surface area contributed by atoms with Gasteiger partial charge < -0.3 is 14.4 Å². The van der Waals surface area contributed by atoms with E-state index in [0.717, 1.165) is 30.6 Å². The van der Waals surface area contributed by atoms with E-state index in [1.165, 1.54) is 13.2 Å². The number of benzene rings is 1. The van der Waals surface area contributed by atoms with Crippen molar-refractivity contribution < 1.29 is 23.5 Å². The number of ether oxygens (including phenoxy) is 2. The Morgan fingerprint density at radius 3 is 2.59 bits per heavy atom. The lowest BCUT2D eigenvalue weighted by molar-refractivity contribution is -0.153. The summed E-state index contributed by atoms with van der Waals surface area (Å²) in [4.78, 5) is 28.9. The number of hydrogen-bond acceptors (Lipinski definition) is 5. The average molecular weight is 418 g/mol. The summed E-state index contributed by atoms with van der Waals surface area (Å²) >= 11 is 1.58. The van der Waals surface area contributed by atoms with Gasteiger partial charge in [-0.3, -0.25) is 4.79 Å². The van der Waals surface area contributed by atoms with Gasteiger partial charge in [-0.15, -0.1) is 11.3 Å². The Kier molecular flexibility index (Phi) is 5.58. The number of methoxy groups -OCH3 is 1. The van der Waals surface area contributed by atoms with Crippen LogP contribution in [0, 0.1) is 5.82 Å². The van der Waals surface area contributed by atoms with Gasteiger partial charge in [-0.2, -0.15) is 0 Å². The summed E-state index contributed by atoms with van der Waals surface area (Å²) in [5.41, 5.74) is -0.590. The van der Waals surface area contributed by atoms with Gasteiger partial charge in [0.15, 0.2) is 11.6 Å². The first-order valence-corrected chi connectivity index (χ1v) is 10.8. The first-order chi connectivity index (χ1) is 14.0. The summed E-state index contributed by atoms with van der Waals surface area (Å²) in [6.07, 6.45) is 3.32. The summed E-state index contributed by atoms with van der Waals surface area (Å²) in [6.45, 7) is 0.236. The fraction of sp³-hybridized carbons (Fsp3) is 0.455. The van der Waals surface area contributed by atoms with Crippen LogP contribution < -0.4 is 4.74 Å². The van der Waals surface area contributed by atoms with Gasteiger partial charge in [0.05, 0.1) is 19.1 Å². The molecule has 154 valence electrons. The van der Waals surface area contributed by atoms with E-state index in [0.29, 0.717) is 0 Å². The van der Waals surface area contributed by atoms with Gasteiger partial charge in [-0.05, 0) is 36.4 Å². The zero-order valence-electron chi connectivity index (χ0n) is 16.3. The van der Waals surface area contributed by atoms with Crippen LogP contribution in [-0.2, 0) is 19.7 Å². The van der Waals surface area contributed by atoms with Crippen LogP contribution in [0.3, 0.4) is 0 Å². The van der Waals surface area contributed by atoms with Crippen molar-refractivity contribution in [3.8, 4) is 5.75 Å². The molecule has 2 aromatic rings. The van der Waals surface area contributed by atoms with Crippen molar-refractivity contribution in [2.45, 2.75) is 49.7 Å². The molecule has 29 heavy (non-hydrogen) atoms. The molecule has 5 nitrogen and oxygen atoms in total. The predicted molar refractivity (Wildman–Crippen MR) is 107 cm³/mol. The van der Waals surface area contributed by atoms with E-state index in [9.17, 15) is 14.0 Å². The number of thiophene rings is 1. The molecule has 2 heterocycles. The minimum absolute atomic E-state index is 0.0486. The SMILES string of the molecule is COC(=O)[C@@H]1C[C@@H](Oc2ccccc2F)CN1C(=O)C1(c2cccs2)CCCC1. The van der Waals surface area contributed by atoms with Gasteiger partial charge in [0, 0.05) is 11.3 Å². The molecule has 1 aliphatic heterocycles. The van der Waals surface area contributed by atoms with Gasteiger partial charge in [0.2, 0.25) is 5.91 Å². The highest BCUT2D eigenvalue weighted by Crippen LogP contribution is 2.45. The van der Waals surface area contributed by atoms with Gasteiger partial charge >= 0.3 is 5.97 Å². The Labute approximate surface area is 173 Å². The van der Waals surface area contributed by atoms with E-state index in [4.69, 9.17) is 9.47 Å². The van der Waals surface area contributed by atoms with Gasteiger partial charge in [0.25, 0.3) is 0 Å². The van der Waals surface area contributed by atoms with Crippen LogP contribution >= 0.6 is 11.3 Å². The number of carbonyl (C=O) groups excluding carboxylic acids is 2. The summed E-state index contributed by atoms with van der Waals surface area (Å²) in [5.74, 6) is -0.841. The normalized spacial score (nSPS) is 23.2. The minimum atomic E-state index is -0.721. The van der Waals surface area contributed by atoms with Crippen molar-refractivity contribution >= 4 is 23.2 Å². The van der Waals surface area contributed by atoms with Crippen LogP contribution in [0.2, 0.25) is 0 Å². The molecule has 1 amide bonds. The van der Waals surface area contributed by atoms with Crippen LogP contribution in [0.15, 0.2) is 41.8 Å². The van der Waals surface area contributed by atoms with Crippen molar-refractivity contribution in [1.82, 2.24) is 4.90 Å². The number of likely N-dealkylation sites (tertiary alicyclic amines) is 1. The van der Waals surface area contributed by atoms with E-state index in [2.05, 4.69) is 0 Å². The second-order valence-corrected chi connectivity index (χ2v) is 8.62. The molecule has 0 unspecified atom stereocenters. The molecule has 7 heteroatoms. The molecule has 0 bridgehead atoms. The molecule has 2 atom stereocenters. The first kappa shape index (κ1) is 19.9. The van der Waals surface area contributed by atoms with Gasteiger partial charge in [0.1, 0.15) is 12.1 Å². The molecule has 1 saturated carbocycles. The Morgan fingerprint density at radius 1 is 1.17 bits per heavy atom. The van der Waals surface area contributed by atoms with Crippen molar-refractivity contribution in [3.05, 3.63) is 52.5 Å². The third kappa shape index (κ3) is 3.64. The number of carbonyl (C=O) groups is 2. The first-order valence-electron chi connectivity index (χ1n) is 9.89. The van der Waals surface area contributed by atoms with Crippen molar-refractivity contribution in [1.29, 1.82) is 0 Å². The molecule has 0 spiro atoms. The Balaban J connectivity index is 1.61. The monoisotopic (exact) mass is 417 g/mol. The highest BCUT2D eigenvalue weighted by molar-refractivity contribution is 7.10. The number of amides is 1. The zero-order chi connectivity index (χ0) is 20.4. The maximum absolute atomic E-state index is 14.0. The fourth-order valence-corrected chi connectivity index (χ4v) is 5.53. The highest BCUT2D eigenvalue weighted by atomic mass is 32.1. The molecule has 1 saturated heterocycles. The van der Waals surface area contributed by atoms with Crippen molar-refractivity contribution in [2.24, 2.45) is 0 Å². The number of halogens is 1. The van der Waals surface area contributed by atoms with Gasteiger partial charge in [-0.25, -0.2) is 9.18 Å². The third-order valence-electron chi connectivity index (χ3n) is 5.99. The number of nitrogens with zero attached hydrogens (tertiary/aromatic N) is 1. The second-order valence-electron chi connectivity index (χ2n) is 7.67. The molecule has 1 aromatic carbocycles. The Bertz CT molecular complexity index is 879. The number of para-hydroxylation sites is 1. The van der Waals surface area contributed by atoms with Crippen LogP contribution in [0.1, 0.15) is 37.0 Å². The van der Waals surface area contributed by atoms with E-state index in [1.807, 2.05) is 17.5 Å². The minimum Gasteiger partial charge on any atom is -0.485 e. The summed E-state index contributed by atoms with van der Waals surface area (Å²) in [6, 6.07) is 9.41. The lowest BCUT2D eigenvalue weighted by Gasteiger charge is -2.33. The Hall–Kier alpha value is -2.41. The van der Waals surface area contributed by atoms with E-state index in [-0.39, 0.29) is 24.6 Å². The number of esters is 1. The quantitative estimate of drug-likeness (QED) is 0.692. The lowest BCUT2D eigenvalue weighted by Crippen LogP contribution is -2.50. The second kappa shape index (κ2) is 8.14. The number of hydrogen-bond donors (Lipinski definition) is 0. The molecule has 1 aliphatic carbocycles. The summed E-state index contributed by atoms with van der Waals surface area (Å²) in [7, 11) is 1.32. The molecule has 4 rings (SSSR count). The molecule has 2 aliphatic rings. The topological polar surface area (TPSA) is 55.8 Å². The summed E-state index contributed by atoms with van der Waals surface area (Å²) < 4.78 is 24.8. The largest absolute Gasteiger partial charge is 0.485 e. The molecular formula is C22H24FNO4S. The van der Waals surface area contributed by atoms with Crippen LogP contribution in [-0.4, -0.2) is 42.6 Å². The zero-order valence-corrected chi connectivity index (χ0v) is 17.1. The van der Waals surface area contributed by atoms with Crippen molar-refractivity contribution in [2.75, 3.05) is 13.7 Å². The fourth-order valence-electron chi connectivity index (χ4n) is 4.56. The Morgan fingerprint density at radius 2 is 1.93 bits per heavy atom. The van der Waals surface area contributed by atoms with E-state index >= 15 is 0 Å². The van der Waals surface area contributed by atoms with E-state index < -0.39 is 29.3 Å². The van der Waals surface area contributed by atoms with E-state index in [1.54, 1.807) is 34.4 Å². The maximum atomic E-state index is 14.0. The highest BCUT2D eigenvalue weighted by Gasteiger charge is 2.51. The molecule has 0 radical (unpaired) electrons. The van der Waals surface area contributed by atoms with Gasteiger partial charge in [-0.1, -0.05) is 31.0 Å². The molecule has 1 aromatic heterocycles. The third-order valence-corrected chi connectivity index (χ3v) is 7.06. The van der Waals surface area contributed by atoms with Crippen molar-refractivity contribution in [3.63, 3.8) is 0 Å². The summed E-state index contributed by atoms with van der Waals surface area (Å²) in [5, 5.41) is 1.98. The molecule has 2 fully saturated rings. The molecule has 0 N–H and O–H groups in total. The number of rotatable bonds is 5. The average Bonchev–Trinajstić information content (AvgIpc) is 3.49. The molecular weight excluding hydrogens is 393 g/mol. The van der Waals surface area contributed by atoms with Crippen LogP contribution in [0.4, 0.5) is 4.39 Å². The predicted octanol–water partition coefficient (Wildman–Crippen LogP) is 3.92.